The Morgan fingerprint density at radius 1 is 0.308 bits per heavy atom. The number of esters is 10. The molecule has 6 saturated heterocycles. The van der Waals surface area contributed by atoms with Crippen molar-refractivity contribution in [2.45, 2.75) is 415 Å². The average molecular weight is 2050 g/mol. The zero-order chi connectivity index (χ0) is 104. The van der Waals surface area contributed by atoms with E-state index >= 15 is 0 Å². The number of hydrogen-bond acceptors (Lipinski definition) is 44. The Hall–Kier alpha value is -7.76. The lowest BCUT2D eigenvalue weighted by Crippen LogP contribution is -2.69. The summed E-state index contributed by atoms with van der Waals surface area (Å²) in [5, 5.41) is 127. The van der Waals surface area contributed by atoms with Crippen molar-refractivity contribution in [3.8, 4) is 0 Å². The summed E-state index contributed by atoms with van der Waals surface area (Å²) in [4.78, 5) is 155. The van der Waals surface area contributed by atoms with Gasteiger partial charge in [-0.15, -0.1) is 0 Å². The van der Waals surface area contributed by atoms with Gasteiger partial charge in [0.05, 0.1) is 41.9 Å². The molecule has 6 heterocycles. The van der Waals surface area contributed by atoms with Crippen LogP contribution in [0.2, 0.25) is 0 Å². The highest BCUT2D eigenvalue weighted by Crippen LogP contribution is 2.76. The first-order valence-electron chi connectivity index (χ1n) is 48.6. The largest absolute Gasteiger partial charge is 0.481 e. The zero-order valence-corrected chi connectivity index (χ0v) is 82.3. The number of carbonyl (C=O) groups excluding carboxylic acids is 10. The highest BCUT2D eigenvalue weighted by molar-refractivity contribution is 5.76. The number of aliphatic hydroxyl groups is 10. The first kappa shape index (κ1) is 114. The number of rotatable bonds is 30. The van der Waals surface area contributed by atoms with Crippen LogP contribution in [0.15, 0.2) is 24.3 Å². The second-order valence-electron chi connectivity index (χ2n) is 42.0. The van der Waals surface area contributed by atoms with Crippen LogP contribution in [0.25, 0.3) is 0 Å². The highest BCUT2D eigenvalue weighted by Gasteiger charge is 2.73. The molecule has 8 aliphatic carbocycles. The van der Waals surface area contributed by atoms with Crippen molar-refractivity contribution in [2.24, 2.45) is 56.2 Å². The summed E-state index contributed by atoms with van der Waals surface area (Å²) in [6, 6.07) is 0. The smallest absolute Gasteiger partial charge is 0.309 e. The van der Waals surface area contributed by atoms with Crippen molar-refractivity contribution in [1.82, 2.24) is 0 Å². The lowest BCUT2D eigenvalue weighted by molar-refractivity contribution is -0.400. The maximum Gasteiger partial charge on any atom is 0.309 e. The minimum atomic E-state index is -2.07. The van der Waals surface area contributed by atoms with Crippen molar-refractivity contribution in [3.63, 3.8) is 0 Å². The number of carboxylic acids is 2. The maximum atomic E-state index is 13.5. The molecule has 14 fully saturated rings. The van der Waals surface area contributed by atoms with Gasteiger partial charge in [-0.05, 0) is 173 Å². The predicted octanol–water partition coefficient (Wildman–Crippen LogP) is 1.60. The molecule has 4 bridgehead atoms. The third-order valence-corrected chi connectivity index (χ3v) is 32.8. The number of carbonyl (C=O) groups is 12. The van der Waals surface area contributed by atoms with E-state index in [0.29, 0.717) is 82.6 Å². The predicted molar refractivity (Wildman–Crippen MR) is 476 cm³/mol. The third-order valence-electron chi connectivity index (χ3n) is 32.8. The van der Waals surface area contributed by atoms with E-state index in [1.54, 1.807) is 0 Å². The minimum absolute atomic E-state index is 0. The summed E-state index contributed by atoms with van der Waals surface area (Å²) in [6.07, 6.45) is -41.9. The van der Waals surface area contributed by atoms with Gasteiger partial charge in [-0.25, -0.2) is 0 Å². The summed E-state index contributed by atoms with van der Waals surface area (Å²) in [5.41, 5.74) is -4.16. The molecule has 12 N–H and O–H groups in total. The summed E-state index contributed by atoms with van der Waals surface area (Å²) in [6.45, 7) is 23.1. The molecule has 46 nitrogen and oxygen atoms in total. The Labute approximate surface area is 826 Å². The molecular formula is C97H144O46. The molecule has 808 valence electrons. The lowest BCUT2D eigenvalue weighted by Gasteiger charge is -2.64. The molecule has 0 aromatic rings. The first-order valence-corrected chi connectivity index (χ1v) is 48.6. The Morgan fingerprint density at radius 2 is 0.587 bits per heavy atom. The van der Waals surface area contributed by atoms with Gasteiger partial charge >= 0.3 is 71.6 Å². The van der Waals surface area contributed by atoms with Crippen LogP contribution in [0.3, 0.4) is 0 Å². The molecule has 14 aliphatic rings. The molecule has 42 atom stereocenters. The Balaban J connectivity index is 0.000000276. The molecule has 0 amide bonds. The maximum absolute atomic E-state index is 13.5. The Morgan fingerprint density at radius 3 is 0.923 bits per heavy atom. The van der Waals surface area contributed by atoms with Crippen molar-refractivity contribution in [1.29, 1.82) is 0 Å². The fraction of sp³-hybridized carbons (Fsp3) is 0.835. The van der Waals surface area contributed by atoms with E-state index in [1.165, 1.54) is 0 Å². The molecule has 6 aliphatic heterocycles. The molecular weight excluding hydrogens is 1900 g/mol. The highest BCUT2D eigenvalue weighted by atomic mass is 16.8. The fourth-order valence-corrected chi connectivity index (χ4v) is 26.9. The second-order valence-corrected chi connectivity index (χ2v) is 42.0. The molecule has 0 aromatic carbocycles. The van der Waals surface area contributed by atoms with E-state index in [0.717, 1.165) is 107 Å². The first-order chi connectivity index (χ1) is 66.6. The summed E-state index contributed by atoms with van der Waals surface area (Å²) in [7, 11) is 0. The summed E-state index contributed by atoms with van der Waals surface area (Å²) in [5.74, 6) is -11.0. The van der Waals surface area contributed by atoms with Crippen LogP contribution in [-0.2, 0) is 162 Å². The Kier molecular flexibility index (Phi) is 35.8. The summed E-state index contributed by atoms with van der Waals surface area (Å²) >= 11 is 0. The van der Waals surface area contributed by atoms with E-state index in [2.05, 4.69) is 27.0 Å². The molecule has 0 radical (unpaired) electrons. The topological polar surface area (TPSA) is 651 Å². The monoisotopic (exact) mass is 2040 g/mol. The van der Waals surface area contributed by atoms with Crippen LogP contribution >= 0.6 is 0 Å². The van der Waals surface area contributed by atoms with Gasteiger partial charge in [0.1, 0.15) is 124 Å². The number of aliphatic hydroxyl groups excluding tert-OH is 10. The van der Waals surface area contributed by atoms with Gasteiger partial charge in [-0.1, -0.05) is 47.3 Å². The van der Waals surface area contributed by atoms with Crippen molar-refractivity contribution in [3.05, 3.63) is 24.3 Å². The average Bonchev–Trinajstić information content (AvgIpc) is 1.56. The van der Waals surface area contributed by atoms with Crippen LogP contribution in [0.4, 0.5) is 0 Å². The standard InChI is InChI=1S/C58H80O28.C38H60O18.CH4/c1-26-21-57-19-15-40-55(12,17-14-18-56(40,13)54(69)70)41(57)16-20-58(26,25-57)86-53-50(85-52-49(80-36(11)68)46(78-34(9)66)43(75-31(6)63)38(82-52)23-72-28(3)60)47(44(76-32(7)64)39(83-53)24-73-29(4)61)84-51-48(79-35(10)67)45(77-33(8)65)42(74-30(5)62)37(81-51)22-71-27(2)59;1-16-11-37-9-5-20-35(2,7-4-8-36(20,3)34(49)50)21(37)6-10-38(16,15-37)56-33-30(55-32-28(48)26(46)23(43)18(13-40)52-32)29(24(44)19(14-41)53-33)54-31-27(47)25(45)22(42)17(12-39)51-31;/h37-53H,1,14-25H2,2-13H3,(H,69,70);17-33,39-48H,1,4-15H2,2-3H3,(H,49,50);1H4/t37-,38-,39-,40+,41+,42-,43-,44-,45+,46+,47+,48-,49-,50-,51+,52+,53+,55-,56-,57-,58+;17-,18-,19-,20+,21+,22-,23-,24-,25+,26+,27-,28-,29+,30-,31+,32+,33+,35-,36-,37-,38+;/m11./s1. The van der Waals surface area contributed by atoms with Crippen LogP contribution in [-0.4, -0.2) is 368 Å². The van der Waals surface area contributed by atoms with Crippen LogP contribution < -0.4 is 0 Å². The number of hydrogen-bond donors (Lipinski definition) is 12. The van der Waals surface area contributed by atoms with Gasteiger partial charge in [0.25, 0.3) is 0 Å². The Bertz CT molecular complexity index is 4620. The van der Waals surface area contributed by atoms with E-state index in [4.69, 9.17) is 104 Å². The molecule has 143 heavy (non-hydrogen) atoms. The normalized spacial score (nSPS) is 44.8. The second kappa shape index (κ2) is 45.0. The molecule has 0 unspecified atom stereocenters. The number of fused-ring (bicyclic) bond motifs is 6. The molecule has 2 spiro atoms. The van der Waals surface area contributed by atoms with Gasteiger partial charge in [0, 0.05) is 69.2 Å². The molecule has 46 heteroatoms. The van der Waals surface area contributed by atoms with Gasteiger partial charge in [0.15, 0.2) is 80.5 Å². The number of carboxylic acid groups (broad SMARTS) is 2. The van der Waals surface area contributed by atoms with Crippen molar-refractivity contribution < 1.29 is 223 Å². The quantitative estimate of drug-likeness (QED) is 0.0210. The number of ether oxygens (including phenoxy) is 22. The summed E-state index contributed by atoms with van der Waals surface area (Å²) < 4.78 is 134. The van der Waals surface area contributed by atoms with Crippen LogP contribution in [0.5, 0.6) is 0 Å². The lowest BCUT2D eigenvalue weighted by atomic mass is 9.41. The molecule has 8 saturated carbocycles. The van der Waals surface area contributed by atoms with Crippen molar-refractivity contribution >= 4 is 71.6 Å². The fourth-order valence-electron chi connectivity index (χ4n) is 26.9. The van der Waals surface area contributed by atoms with Crippen molar-refractivity contribution in [2.75, 3.05) is 39.6 Å². The zero-order valence-electron chi connectivity index (χ0n) is 82.3. The number of aliphatic carboxylic acids is 2. The SMILES string of the molecule is C.C=C1C[C@@]23CC[C@H]4[C@@](C)(CCC[C@@]4(C)C(=O)O)[C@@H]2CC[C@]1(O[C@@H]1O[C@H](CO)[C@@H](O)[C@H](O[C@@H]2O[C@H](CO)[C@@H](O)[C@H](O)[C@H]2O)[C@H]1O[C@@H]1O[C@H](CO)[C@@H](O)[C@H](O)[C@H]1O)C3.C=C1C[C@@]23CC[C@H]4[C@@](C)(CCC[C@@]4(C)C(=O)O)[C@@H]2CC[C@]1(O[C@@H]1O[C@H](COC(C)=O)[C@@H](OC(C)=O)[C@H](O[C@@H]2O[C@H](COC(C)=O)[C@@H](OC(C)=O)[C@H](OC(C)=O)[C@H]2OC(C)=O)[C@H]1O[C@@H]1O[C@H](COC(C)=O)[C@@H](OC(C)=O)[C@H](OC(C)=O)[C@H]1OC(C)=O)C3. The molecule has 0 aromatic heterocycles. The van der Waals surface area contributed by atoms with Crippen LogP contribution in [0.1, 0.15) is 220 Å². The van der Waals surface area contributed by atoms with Gasteiger partial charge in [-0.2, -0.15) is 0 Å². The van der Waals surface area contributed by atoms with Gasteiger partial charge in [0.2, 0.25) is 0 Å². The van der Waals surface area contributed by atoms with E-state index in [1.807, 2.05) is 13.8 Å². The van der Waals surface area contributed by atoms with Gasteiger partial charge in [-0.3, -0.25) is 57.5 Å². The van der Waals surface area contributed by atoms with E-state index < -0.39 is 328 Å². The molecule has 14 rings (SSSR count). The van der Waals surface area contributed by atoms with E-state index in [-0.39, 0.29) is 48.3 Å². The third kappa shape index (κ3) is 22.7. The van der Waals surface area contributed by atoms with Crippen LogP contribution in [0, 0.1) is 56.2 Å². The van der Waals surface area contributed by atoms with E-state index in [9.17, 15) is 119 Å². The van der Waals surface area contributed by atoms with Gasteiger partial charge < -0.3 is 165 Å². The minimum Gasteiger partial charge on any atom is -0.481 e.